The first kappa shape index (κ1) is 20.3. The van der Waals surface area contributed by atoms with Gasteiger partial charge in [0.1, 0.15) is 11.6 Å². The standard InChI is InChI=1S/C25H20FN5/c1-17(19-5-7-21(26)8-6-19)11-25-30-22(13-23-16-28-9-10-29-23)14-24(31-25)20-4-2-3-18(12-20)15-27/h2-10,12,14,16-17H,11,13H2,1H3/t17-/m1/s1. The van der Waals surface area contributed by atoms with Crippen molar-refractivity contribution in [2.75, 3.05) is 0 Å². The Kier molecular flexibility index (Phi) is 6.04. The van der Waals surface area contributed by atoms with Gasteiger partial charge in [-0.15, -0.1) is 0 Å². The Labute approximate surface area is 180 Å². The molecule has 0 N–H and O–H groups in total. The molecule has 0 saturated heterocycles. The molecule has 0 aliphatic carbocycles. The van der Waals surface area contributed by atoms with Gasteiger partial charge in [0.25, 0.3) is 0 Å². The van der Waals surface area contributed by atoms with Crippen molar-refractivity contribution in [1.82, 2.24) is 19.9 Å². The van der Waals surface area contributed by atoms with Crippen LogP contribution in [-0.4, -0.2) is 19.9 Å². The minimum Gasteiger partial charge on any atom is -0.261 e. The highest BCUT2D eigenvalue weighted by Crippen LogP contribution is 2.24. The molecule has 0 unspecified atom stereocenters. The van der Waals surface area contributed by atoms with E-state index in [9.17, 15) is 9.65 Å². The van der Waals surface area contributed by atoms with Gasteiger partial charge in [0.2, 0.25) is 0 Å². The number of aromatic nitrogens is 4. The monoisotopic (exact) mass is 409 g/mol. The predicted molar refractivity (Wildman–Crippen MR) is 116 cm³/mol. The fourth-order valence-electron chi connectivity index (χ4n) is 3.42. The van der Waals surface area contributed by atoms with E-state index >= 15 is 0 Å². The van der Waals surface area contributed by atoms with Crippen molar-refractivity contribution in [2.45, 2.75) is 25.7 Å². The van der Waals surface area contributed by atoms with Gasteiger partial charge in [-0.1, -0.05) is 31.2 Å². The Hall–Kier alpha value is -3.98. The second-order valence-electron chi connectivity index (χ2n) is 7.38. The summed E-state index contributed by atoms with van der Waals surface area (Å²) in [5.41, 5.74) is 4.86. The lowest BCUT2D eigenvalue weighted by atomic mass is 9.97. The van der Waals surface area contributed by atoms with Gasteiger partial charge in [-0.25, -0.2) is 14.4 Å². The first-order valence-electron chi connectivity index (χ1n) is 9.98. The number of nitriles is 1. The zero-order valence-corrected chi connectivity index (χ0v) is 17.0. The van der Waals surface area contributed by atoms with Crippen molar-refractivity contribution in [2.24, 2.45) is 0 Å². The summed E-state index contributed by atoms with van der Waals surface area (Å²) in [5.74, 6) is 0.555. The fourth-order valence-corrected chi connectivity index (χ4v) is 3.42. The van der Waals surface area contributed by atoms with Gasteiger partial charge < -0.3 is 0 Å². The van der Waals surface area contributed by atoms with Crippen LogP contribution < -0.4 is 0 Å². The summed E-state index contributed by atoms with van der Waals surface area (Å²) in [7, 11) is 0. The van der Waals surface area contributed by atoms with Gasteiger partial charge in [0.05, 0.1) is 28.7 Å². The van der Waals surface area contributed by atoms with E-state index in [0.29, 0.717) is 24.2 Å². The van der Waals surface area contributed by atoms with E-state index in [1.807, 2.05) is 24.3 Å². The van der Waals surface area contributed by atoms with Crippen molar-refractivity contribution < 1.29 is 4.39 Å². The van der Waals surface area contributed by atoms with Gasteiger partial charge >= 0.3 is 0 Å². The maximum Gasteiger partial charge on any atom is 0.129 e. The van der Waals surface area contributed by atoms with Gasteiger partial charge in [-0.3, -0.25) is 9.97 Å². The number of nitrogens with zero attached hydrogens (tertiary/aromatic N) is 5. The molecule has 0 aliphatic heterocycles. The molecule has 5 nitrogen and oxygen atoms in total. The first-order chi connectivity index (χ1) is 15.1. The summed E-state index contributed by atoms with van der Waals surface area (Å²) in [6.45, 7) is 2.07. The van der Waals surface area contributed by atoms with E-state index in [0.717, 1.165) is 28.2 Å². The number of halogens is 1. The topological polar surface area (TPSA) is 75.3 Å². The van der Waals surface area contributed by atoms with Crippen LogP contribution in [0.4, 0.5) is 4.39 Å². The molecule has 0 spiro atoms. The number of hydrogen-bond acceptors (Lipinski definition) is 5. The third kappa shape index (κ3) is 5.14. The summed E-state index contributed by atoms with van der Waals surface area (Å²) in [4.78, 5) is 18.0. The molecule has 0 bridgehead atoms. The molecular formula is C25H20FN5. The normalized spacial score (nSPS) is 11.6. The molecule has 2 aromatic heterocycles. The number of hydrogen-bond donors (Lipinski definition) is 0. The minimum absolute atomic E-state index is 0.116. The number of rotatable bonds is 6. The van der Waals surface area contributed by atoms with Crippen molar-refractivity contribution in [1.29, 1.82) is 5.26 Å². The van der Waals surface area contributed by atoms with Crippen LogP contribution in [0.25, 0.3) is 11.3 Å². The summed E-state index contributed by atoms with van der Waals surface area (Å²) in [6.07, 6.45) is 6.15. The molecule has 2 heterocycles. The van der Waals surface area contributed by atoms with E-state index in [4.69, 9.17) is 9.97 Å². The molecule has 31 heavy (non-hydrogen) atoms. The Bertz CT molecular complexity index is 1220. The minimum atomic E-state index is -0.252. The SMILES string of the molecule is C[C@H](Cc1nc(Cc2cnccn2)cc(-c2cccc(C#N)c2)n1)c1ccc(F)cc1. The van der Waals surface area contributed by atoms with Gasteiger partial charge in [-0.05, 0) is 41.8 Å². The highest BCUT2D eigenvalue weighted by Gasteiger charge is 2.13. The second kappa shape index (κ2) is 9.23. The third-order valence-electron chi connectivity index (χ3n) is 5.02. The quantitative estimate of drug-likeness (QED) is 0.454. The van der Waals surface area contributed by atoms with Crippen LogP contribution >= 0.6 is 0 Å². The van der Waals surface area contributed by atoms with Crippen molar-refractivity contribution in [3.8, 4) is 17.3 Å². The zero-order chi connectivity index (χ0) is 21.6. The van der Waals surface area contributed by atoms with Gasteiger partial charge in [-0.2, -0.15) is 5.26 Å². The van der Waals surface area contributed by atoms with Crippen LogP contribution in [0.5, 0.6) is 0 Å². The molecule has 2 aromatic carbocycles. The smallest absolute Gasteiger partial charge is 0.129 e. The van der Waals surface area contributed by atoms with Gasteiger partial charge in [0.15, 0.2) is 0 Å². The van der Waals surface area contributed by atoms with Crippen molar-refractivity contribution in [3.05, 3.63) is 107 Å². The Morgan fingerprint density at radius 2 is 1.84 bits per heavy atom. The van der Waals surface area contributed by atoms with E-state index in [-0.39, 0.29) is 11.7 Å². The molecule has 0 saturated carbocycles. The molecular weight excluding hydrogens is 389 g/mol. The summed E-state index contributed by atoms with van der Waals surface area (Å²) in [5, 5.41) is 9.25. The van der Waals surface area contributed by atoms with E-state index < -0.39 is 0 Å². The molecule has 152 valence electrons. The van der Waals surface area contributed by atoms with Crippen LogP contribution in [-0.2, 0) is 12.8 Å². The molecule has 0 aliphatic rings. The molecule has 0 radical (unpaired) electrons. The predicted octanol–water partition coefficient (Wildman–Crippen LogP) is 4.88. The molecule has 0 amide bonds. The van der Waals surface area contributed by atoms with Gasteiger partial charge in [0, 0.05) is 37.0 Å². The Morgan fingerprint density at radius 1 is 1.00 bits per heavy atom. The van der Waals surface area contributed by atoms with Crippen LogP contribution in [0.15, 0.2) is 73.2 Å². The Balaban J connectivity index is 1.70. The molecule has 6 heteroatoms. The lowest BCUT2D eigenvalue weighted by Gasteiger charge is -2.13. The first-order valence-corrected chi connectivity index (χ1v) is 9.98. The highest BCUT2D eigenvalue weighted by molar-refractivity contribution is 5.61. The lowest BCUT2D eigenvalue weighted by molar-refractivity contribution is 0.624. The molecule has 0 fully saturated rings. The van der Waals surface area contributed by atoms with E-state index in [1.54, 1.807) is 36.8 Å². The van der Waals surface area contributed by atoms with E-state index in [1.165, 1.54) is 12.1 Å². The van der Waals surface area contributed by atoms with Crippen molar-refractivity contribution in [3.63, 3.8) is 0 Å². The Morgan fingerprint density at radius 3 is 2.58 bits per heavy atom. The van der Waals surface area contributed by atoms with E-state index in [2.05, 4.69) is 23.0 Å². The average Bonchev–Trinajstić information content (AvgIpc) is 2.80. The largest absolute Gasteiger partial charge is 0.261 e. The summed E-state index contributed by atoms with van der Waals surface area (Å²) < 4.78 is 13.3. The van der Waals surface area contributed by atoms with Crippen LogP contribution in [0.2, 0.25) is 0 Å². The average molecular weight is 409 g/mol. The maximum absolute atomic E-state index is 13.3. The van der Waals surface area contributed by atoms with Crippen molar-refractivity contribution >= 4 is 0 Å². The lowest BCUT2D eigenvalue weighted by Crippen LogP contribution is -2.07. The third-order valence-corrected chi connectivity index (χ3v) is 5.02. The maximum atomic E-state index is 13.3. The number of benzene rings is 2. The molecule has 1 atom stereocenters. The van der Waals surface area contributed by atoms with Crippen LogP contribution in [0.3, 0.4) is 0 Å². The van der Waals surface area contributed by atoms with Crippen LogP contribution in [0, 0.1) is 17.1 Å². The summed E-state index contributed by atoms with van der Waals surface area (Å²) in [6, 6.07) is 18.0. The summed E-state index contributed by atoms with van der Waals surface area (Å²) >= 11 is 0. The fraction of sp³-hybridized carbons (Fsp3) is 0.160. The molecule has 4 rings (SSSR count). The molecule has 4 aromatic rings. The zero-order valence-electron chi connectivity index (χ0n) is 17.0. The second-order valence-corrected chi connectivity index (χ2v) is 7.38. The van der Waals surface area contributed by atoms with Crippen LogP contribution in [0.1, 0.15) is 41.2 Å². The highest BCUT2D eigenvalue weighted by atomic mass is 19.1.